The summed E-state index contributed by atoms with van der Waals surface area (Å²) in [5.74, 6) is 0.358. The lowest BCUT2D eigenvalue weighted by Gasteiger charge is -2.29. The van der Waals surface area contributed by atoms with E-state index in [1.54, 1.807) is 47.4 Å². The van der Waals surface area contributed by atoms with Gasteiger partial charge in [0.15, 0.2) is 6.61 Å². The third kappa shape index (κ3) is 5.72. The van der Waals surface area contributed by atoms with Crippen LogP contribution in [0.25, 0.3) is 0 Å². The van der Waals surface area contributed by atoms with Gasteiger partial charge in [-0.05, 0) is 43.3 Å². The van der Waals surface area contributed by atoms with Gasteiger partial charge in [-0.15, -0.1) is 0 Å². The van der Waals surface area contributed by atoms with Gasteiger partial charge in [-0.1, -0.05) is 35.9 Å². The molecule has 8 heteroatoms. The summed E-state index contributed by atoms with van der Waals surface area (Å²) in [6, 6.07) is 21.4. The Bertz CT molecular complexity index is 1180. The summed E-state index contributed by atoms with van der Waals surface area (Å²) in [6.07, 6.45) is 0. The van der Waals surface area contributed by atoms with E-state index in [0.717, 1.165) is 11.3 Å². The maximum atomic E-state index is 12.4. The summed E-state index contributed by atoms with van der Waals surface area (Å²) in [4.78, 5) is 38.4. The molecule has 0 radical (unpaired) electrons. The largest absolute Gasteiger partial charge is 0.492 e. The second-order valence-electron chi connectivity index (χ2n) is 7.77. The highest BCUT2D eigenvalue weighted by Crippen LogP contribution is 2.34. The molecule has 3 amide bonds. The molecule has 8 nitrogen and oxygen atoms in total. The number of anilines is 2. The lowest BCUT2D eigenvalue weighted by atomic mass is 10.2. The van der Waals surface area contributed by atoms with Crippen LogP contribution in [-0.4, -0.2) is 44.0 Å². The van der Waals surface area contributed by atoms with Gasteiger partial charge in [0.2, 0.25) is 5.91 Å². The van der Waals surface area contributed by atoms with Crippen LogP contribution in [0.3, 0.4) is 0 Å². The Labute approximate surface area is 197 Å². The van der Waals surface area contributed by atoms with Crippen LogP contribution >= 0.6 is 0 Å². The predicted molar refractivity (Wildman–Crippen MR) is 128 cm³/mol. The topological polar surface area (TPSA) is 97.0 Å². The van der Waals surface area contributed by atoms with Crippen LogP contribution in [0.15, 0.2) is 72.8 Å². The average Bonchev–Trinajstić information content (AvgIpc) is 2.85. The van der Waals surface area contributed by atoms with Crippen LogP contribution in [0.1, 0.15) is 15.9 Å². The van der Waals surface area contributed by atoms with Gasteiger partial charge in [0.05, 0.1) is 18.8 Å². The number of nitrogens with zero attached hydrogens (tertiary/aromatic N) is 1. The number of ether oxygens (including phenoxy) is 2. The monoisotopic (exact) mass is 459 g/mol. The molecule has 0 fully saturated rings. The molecule has 0 saturated heterocycles. The molecular formula is C26H25N3O5. The lowest BCUT2D eigenvalue weighted by molar-refractivity contribution is -0.121. The van der Waals surface area contributed by atoms with E-state index in [4.69, 9.17) is 9.47 Å². The van der Waals surface area contributed by atoms with Gasteiger partial charge in [-0.2, -0.15) is 0 Å². The first-order valence-corrected chi connectivity index (χ1v) is 10.9. The highest BCUT2D eigenvalue weighted by atomic mass is 16.5. The Morgan fingerprint density at radius 1 is 1.03 bits per heavy atom. The van der Waals surface area contributed by atoms with Crippen molar-refractivity contribution in [2.45, 2.75) is 6.92 Å². The summed E-state index contributed by atoms with van der Waals surface area (Å²) in [6.45, 7) is 2.42. The van der Waals surface area contributed by atoms with Gasteiger partial charge in [0.25, 0.3) is 11.8 Å². The van der Waals surface area contributed by atoms with E-state index in [1.807, 2.05) is 37.3 Å². The molecule has 0 bridgehead atoms. The third-order valence-corrected chi connectivity index (χ3v) is 5.24. The van der Waals surface area contributed by atoms with Crippen molar-refractivity contribution >= 4 is 29.1 Å². The number of benzene rings is 3. The molecule has 3 aromatic carbocycles. The Balaban J connectivity index is 1.33. The molecule has 0 aromatic heterocycles. The highest BCUT2D eigenvalue weighted by molar-refractivity contribution is 6.01. The Morgan fingerprint density at radius 2 is 1.79 bits per heavy atom. The zero-order chi connectivity index (χ0) is 23.9. The van der Waals surface area contributed by atoms with Crippen LogP contribution in [0.4, 0.5) is 11.4 Å². The predicted octanol–water partition coefficient (Wildman–Crippen LogP) is 3.17. The van der Waals surface area contributed by atoms with E-state index in [-0.39, 0.29) is 30.9 Å². The molecule has 0 spiro atoms. The summed E-state index contributed by atoms with van der Waals surface area (Å²) in [7, 11) is 0. The van der Waals surface area contributed by atoms with Crippen molar-refractivity contribution in [1.29, 1.82) is 0 Å². The van der Waals surface area contributed by atoms with Crippen molar-refractivity contribution in [3.8, 4) is 11.5 Å². The molecule has 0 unspecified atom stereocenters. The number of hydrogen-bond acceptors (Lipinski definition) is 5. The molecule has 2 N–H and O–H groups in total. The fourth-order valence-corrected chi connectivity index (χ4v) is 3.47. The van der Waals surface area contributed by atoms with E-state index in [0.29, 0.717) is 35.8 Å². The maximum absolute atomic E-state index is 12.4. The van der Waals surface area contributed by atoms with E-state index >= 15 is 0 Å². The molecular weight excluding hydrogens is 434 g/mol. The summed E-state index contributed by atoms with van der Waals surface area (Å²) in [5, 5.41) is 5.32. The molecule has 4 rings (SSSR count). The first-order valence-electron chi connectivity index (χ1n) is 10.9. The van der Waals surface area contributed by atoms with Crippen LogP contribution in [0, 0.1) is 6.92 Å². The van der Waals surface area contributed by atoms with Crippen LogP contribution in [0.2, 0.25) is 0 Å². The standard InChI is InChI=1S/C26H25N3O5/c1-18-7-10-21(11-8-18)33-14-13-29-22-12-9-20(15-23(22)34-17-25(29)31)28-24(30)16-27-26(32)19-5-3-2-4-6-19/h2-12,15H,13-14,16-17H2,1H3,(H,27,32)(H,28,30). The number of rotatable bonds is 8. The SMILES string of the molecule is Cc1ccc(OCCN2C(=O)COc3cc(NC(=O)CNC(=O)c4ccccc4)ccc32)cc1. The molecule has 1 aliphatic rings. The highest BCUT2D eigenvalue weighted by Gasteiger charge is 2.26. The van der Waals surface area contributed by atoms with Crippen molar-refractivity contribution < 1.29 is 23.9 Å². The summed E-state index contributed by atoms with van der Waals surface area (Å²) in [5.41, 5.74) is 2.74. The maximum Gasteiger partial charge on any atom is 0.265 e. The first kappa shape index (κ1) is 22.8. The van der Waals surface area contributed by atoms with Gasteiger partial charge < -0.3 is 25.0 Å². The Morgan fingerprint density at radius 3 is 2.56 bits per heavy atom. The smallest absolute Gasteiger partial charge is 0.265 e. The third-order valence-electron chi connectivity index (χ3n) is 5.24. The molecule has 1 aliphatic heterocycles. The molecule has 34 heavy (non-hydrogen) atoms. The zero-order valence-electron chi connectivity index (χ0n) is 18.7. The van der Waals surface area contributed by atoms with Gasteiger partial charge in [-0.3, -0.25) is 14.4 Å². The molecule has 1 heterocycles. The van der Waals surface area contributed by atoms with Crippen LogP contribution in [0.5, 0.6) is 11.5 Å². The summed E-state index contributed by atoms with van der Waals surface area (Å²) >= 11 is 0. The zero-order valence-corrected chi connectivity index (χ0v) is 18.7. The molecule has 0 atom stereocenters. The van der Waals surface area contributed by atoms with Gasteiger partial charge >= 0.3 is 0 Å². The van der Waals surface area contributed by atoms with E-state index in [2.05, 4.69) is 10.6 Å². The number of carbonyl (C=O) groups is 3. The number of hydrogen-bond donors (Lipinski definition) is 2. The van der Waals surface area contributed by atoms with E-state index in [1.165, 1.54) is 0 Å². The molecule has 0 saturated carbocycles. The minimum absolute atomic E-state index is 0.0952. The minimum Gasteiger partial charge on any atom is -0.492 e. The number of amides is 3. The van der Waals surface area contributed by atoms with E-state index in [9.17, 15) is 14.4 Å². The first-order chi connectivity index (χ1) is 16.5. The number of fused-ring (bicyclic) bond motifs is 1. The van der Waals surface area contributed by atoms with Crippen molar-refractivity contribution in [3.05, 3.63) is 83.9 Å². The minimum atomic E-state index is -0.375. The van der Waals surface area contributed by atoms with Gasteiger partial charge in [0.1, 0.15) is 18.1 Å². The second kappa shape index (κ2) is 10.5. The fourth-order valence-electron chi connectivity index (χ4n) is 3.47. The fraction of sp³-hybridized carbons (Fsp3) is 0.192. The molecule has 3 aromatic rings. The van der Waals surface area contributed by atoms with Crippen molar-refractivity contribution in [3.63, 3.8) is 0 Å². The van der Waals surface area contributed by atoms with Crippen LogP contribution in [-0.2, 0) is 9.59 Å². The van der Waals surface area contributed by atoms with Gasteiger partial charge in [-0.25, -0.2) is 0 Å². The number of carbonyl (C=O) groups excluding carboxylic acids is 3. The van der Waals surface area contributed by atoms with Crippen LogP contribution < -0.4 is 25.0 Å². The van der Waals surface area contributed by atoms with Crippen molar-refractivity contribution in [2.75, 3.05) is 36.5 Å². The van der Waals surface area contributed by atoms with E-state index < -0.39 is 0 Å². The van der Waals surface area contributed by atoms with Crippen molar-refractivity contribution in [1.82, 2.24) is 5.32 Å². The van der Waals surface area contributed by atoms with Crippen molar-refractivity contribution in [2.24, 2.45) is 0 Å². The number of aryl methyl sites for hydroxylation is 1. The normalized spacial score (nSPS) is 12.4. The molecule has 174 valence electrons. The second-order valence-corrected chi connectivity index (χ2v) is 7.77. The van der Waals surface area contributed by atoms with Gasteiger partial charge in [0, 0.05) is 17.3 Å². The Kier molecular flexibility index (Phi) is 7.07. The lowest BCUT2D eigenvalue weighted by Crippen LogP contribution is -2.41. The Hall–Kier alpha value is -4.33. The quantitative estimate of drug-likeness (QED) is 0.539. The average molecular weight is 460 g/mol. The summed E-state index contributed by atoms with van der Waals surface area (Å²) < 4.78 is 11.3. The number of nitrogens with one attached hydrogen (secondary N) is 2. The molecule has 0 aliphatic carbocycles.